The number of carbonyl (C=O) groups is 3. The number of amides is 2. The number of nitrogens with zero attached hydrogens (tertiary/aromatic N) is 1. The van der Waals surface area contributed by atoms with Crippen LogP contribution in [0.2, 0.25) is 5.02 Å². The number of ether oxygens (including phenoxy) is 1. The van der Waals surface area contributed by atoms with Crippen molar-refractivity contribution in [2.45, 2.75) is 32.7 Å². The first-order valence-corrected chi connectivity index (χ1v) is 12.3. The fraction of sp³-hybridized carbons (Fsp3) is 0.393. The third kappa shape index (κ3) is 3.24. The minimum atomic E-state index is -1.01. The van der Waals surface area contributed by atoms with Crippen molar-refractivity contribution >= 4 is 29.4 Å². The molecule has 1 saturated heterocycles. The maximum absolute atomic E-state index is 13.7. The summed E-state index contributed by atoms with van der Waals surface area (Å²) in [6.07, 6.45) is 5.59. The van der Waals surface area contributed by atoms with Gasteiger partial charge in [0.05, 0.1) is 11.8 Å². The standard InChI is InChI=1S/C28H26ClNO4/c1-14-10-17(11-15(2)25(14)29)34-28(33)22(12-16-6-4-3-5-7-16)30-26(31)23-18-8-9-19(21-13-20(18)21)24(23)27(30)32/h3-11,18-24H,12-13H2,1-2H3/t18-,19-,20-,21-,22+,23+,24+/m1/s1. The van der Waals surface area contributed by atoms with Crippen molar-refractivity contribution in [3.63, 3.8) is 0 Å². The molecule has 34 heavy (non-hydrogen) atoms. The Balaban J connectivity index is 1.34. The highest BCUT2D eigenvalue weighted by atomic mass is 35.5. The van der Waals surface area contributed by atoms with Crippen LogP contribution in [0.1, 0.15) is 23.1 Å². The normalized spacial score (nSPS) is 31.3. The molecule has 5 aliphatic rings. The number of aryl methyl sites for hydroxylation is 2. The topological polar surface area (TPSA) is 63.7 Å². The van der Waals surface area contributed by atoms with Crippen molar-refractivity contribution in [1.82, 2.24) is 4.90 Å². The summed E-state index contributed by atoms with van der Waals surface area (Å²) in [5.41, 5.74) is 2.46. The molecule has 0 radical (unpaired) electrons. The van der Waals surface area contributed by atoms with Gasteiger partial charge in [0.2, 0.25) is 11.8 Å². The minimum absolute atomic E-state index is 0.108. The van der Waals surface area contributed by atoms with Crippen LogP contribution < -0.4 is 4.74 Å². The predicted molar refractivity (Wildman–Crippen MR) is 127 cm³/mol. The Labute approximate surface area is 203 Å². The molecule has 5 nitrogen and oxygen atoms in total. The Kier molecular flexibility index (Phi) is 4.96. The van der Waals surface area contributed by atoms with Gasteiger partial charge in [-0.2, -0.15) is 0 Å². The van der Waals surface area contributed by atoms with Crippen molar-refractivity contribution in [1.29, 1.82) is 0 Å². The number of hydrogen-bond donors (Lipinski definition) is 0. The fourth-order valence-corrected chi connectivity index (χ4v) is 6.66. The summed E-state index contributed by atoms with van der Waals surface area (Å²) in [5, 5.41) is 0.621. The molecule has 1 aliphatic heterocycles. The molecule has 0 unspecified atom stereocenters. The number of hydrogen-bond acceptors (Lipinski definition) is 4. The molecule has 174 valence electrons. The number of carbonyl (C=O) groups excluding carboxylic acids is 3. The Morgan fingerprint density at radius 3 is 2.12 bits per heavy atom. The number of halogens is 1. The van der Waals surface area contributed by atoms with E-state index in [0.717, 1.165) is 23.1 Å². The summed E-state index contributed by atoms with van der Waals surface area (Å²) in [6, 6.07) is 11.9. The molecule has 0 aromatic heterocycles. The molecule has 2 aromatic rings. The van der Waals surface area contributed by atoms with Gasteiger partial charge < -0.3 is 4.74 Å². The lowest BCUT2D eigenvalue weighted by Gasteiger charge is -2.37. The second-order valence-corrected chi connectivity index (χ2v) is 10.6. The second-order valence-electron chi connectivity index (χ2n) is 10.2. The van der Waals surface area contributed by atoms with Gasteiger partial charge in [0, 0.05) is 11.4 Å². The molecule has 2 amide bonds. The van der Waals surface area contributed by atoms with Gasteiger partial charge in [-0.3, -0.25) is 14.5 Å². The Morgan fingerprint density at radius 1 is 1.00 bits per heavy atom. The maximum Gasteiger partial charge on any atom is 0.335 e. The zero-order chi connectivity index (χ0) is 23.7. The number of allylic oxidation sites excluding steroid dienone is 2. The smallest absolute Gasteiger partial charge is 0.335 e. The summed E-state index contributed by atoms with van der Waals surface area (Å²) in [4.78, 5) is 42.2. The predicted octanol–water partition coefficient (Wildman–Crippen LogP) is 4.53. The van der Waals surface area contributed by atoms with Crippen LogP contribution in [0.3, 0.4) is 0 Å². The highest BCUT2D eigenvalue weighted by Crippen LogP contribution is 2.65. The summed E-state index contributed by atoms with van der Waals surface area (Å²) in [5.74, 6) is -0.151. The first-order chi connectivity index (χ1) is 16.3. The number of benzene rings is 2. The number of rotatable bonds is 5. The fourth-order valence-electron chi connectivity index (χ4n) is 6.55. The second kappa shape index (κ2) is 7.81. The minimum Gasteiger partial charge on any atom is -0.425 e. The van der Waals surface area contributed by atoms with Crippen LogP contribution in [0.4, 0.5) is 0 Å². The van der Waals surface area contributed by atoms with E-state index in [0.29, 0.717) is 22.6 Å². The molecule has 6 heteroatoms. The van der Waals surface area contributed by atoms with Crippen molar-refractivity contribution in [3.8, 4) is 5.75 Å². The van der Waals surface area contributed by atoms with Crippen LogP contribution in [-0.4, -0.2) is 28.7 Å². The van der Waals surface area contributed by atoms with Crippen LogP contribution in [0, 0.1) is 49.4 Å². The summed E-state index contributed by atoms with van der Waals surface area (Å²) in [7, 11) is 0. The van der Waals surface area contributed by atoms with Crippen LogP contribution in [0.25, 0.3) is 0 Å². The molecule has 0 spiro atoms. The molecular weight excluding hydrogens is 450 g/mol. The molecular formula is C28H26ClNO4. The largest absolute Gasteiger partial charge is 0.425 e. The number of esters is 1. The van der Waals surface area contributed by atoms with Gasteiger partial charge in [0.15, 0.2) is 0 Å². The first kappa shape index (κ1) is 21.6. The zero-order valence-electron chi connectivity index (χ0n) is 19.1. The van der Waals surface area contributed by atoms with Crippen LogP contribution in [-0.2, 0) is 20.8 Å². The van der Waals surface area contributed by atoms with Crippen LogP contribution >= 0.6 is 11.6 Å². The van der Waals surface area contributed by atoms with Crippen molar-refractivity contribution < 1.29 is 19.1 Å². The van der Waals surface area contributed by atoms with Crippen molar-refractivity contribution in [2.75, 3.05) is 0 Å². The van der Waals surface area contributed by atoms with E-state index in [2.05, 4.69) is 12.2 Å². The maximum atomic E-state index is 13.7. The molecule has 3 fully saturated rings. The first-order valence-electron chi connectivity index (χ1n) is 11.9. The lowest BCUT2D eigenvalue weighted by molar-refractivity contribution is -0.153. The van der Waals surface area contributed by atoms with E-state index in [1.165, 1.54) is 4.90 Å². The monoisotopic (exact) mass is 475 g/mol. The van der Waals surface area contributed by atoms with Crippen LogP contribution in [0.5, 0.6) is 5.75 Å². The molecule has 7 rings (SSSR count). The molecule has 2 aromatic carbocycles. The van der Waals surface area contributed by atoms with E-state index in [9.17, 15) is 14.4 Å². The summed E-state index contributed by atoms with van der Waals surface area (Å²) >= 11 is 6.27. The molecule has 1 heterocycles. The average Bonchev–Trinajstić information content (AvgIpc) is 3.60. The van der Waals surface area contributed by atoms with Crippen LogP contribution in [0.15, 0.2) is 54.6 Å². The lowest BCUT2D eigenvalue weighted by atomic mass is 9.63. The molecule has 0 N–H and O–H groups in total. The van der Waals surface area contributed by atoms with Gasteiger partial charge in [-0.1, -0.05) is 54.1 Å². The van der Waals surface area contributed by atoms with Gasteiger partial charge in [-0.05, 0) is 72.8 Å². The quantitative estimate of drug-likeness (QED) is 0.276. The number of imide groups is 1. The highest BCUT2D eigenvalue weighted by Gasteiger charge is 2.68. The Bertz CT molecular complexity index is 1180. The van der Waals surface area contributed by atoms with Gasteiger partial charge in [-0.15, -0.1) is 0 Å². The summed E-state index contributed by atoms with van der Waals surface area (Å²) < 4.78 is 5.77. The van der Waals surface area contributed by atoms with E-state index >= 15 is 0 Å². The van der Waals surface area contributed by atoms with E-state index in [1.54, 1.807) is 12.1 Å². The molecule has 2 bridgehead atoms. The third-order valence-corrected chi connectivity index (χ3v) is 8.78. The Morgan fingerprint density at radius 2 is 1.56 bits per heavy atom. The molecule has 2 saturated carbocycles. The van der Waals surface area contributed by atoms with Gasteiger partial charge in [0.25, 0.3) is 0 Å². The third-order valence-electron chi connectivity index (χ3n) is 8.18. The van der Waals surface area contributed by atoms with Gasteiger partial charge in [-0.25, -0.2) is 4.79 Å². The SMILES string of the molecule is Cc1cc(OC(=O)[C@H](Cc2ccccc2)N2C(=O)[C@H]3[C@@H]4C=C[C@H]([C@H]5C[C@H]45)[C@@H]3C2=O)cc(C)c1Cl. The average molecular weight is 476 g/mol. The van der Waals surface area contributed by atoms with Gasteiger partial charge in [0.1, 0.15) is 11.8 Å². The summed E-state index contributed by atoms with van der Waals surface area (Å²) in [6.45, 7) is 3.70. The lowest BCUT2D eigenvalue weighted by Crippen LogP contribution is -2.48. The molecule has 4 aliphatic carbocycles. The van der Waals surface area contributed by atoms with E-state index in [4.69, 9.17) is 16.3 Å². The van der Waals surface area contributed by atoms with Crippen molar-refractivity contribution in [2.24, 2.45) is 35.5 Å². The van der Waals surface area contributed by atoms with E-state index in [1.807, 2.05) is 44.2 Å². The highest BCUT2D eigenvalue weighted by molar-refractivity contribution is 6.32. The Hall–Kier alpha value is -2.92. The zero-order valence-corrected chi connectivity index (χ0v) is 19.9. The molecule has 7 atom stereocenters. The van der Waals surface area contributed by atoms with E-state index < -0.39 is 12.0 Å². The van der Waals surface area contributed by atoms with Gasteiger partial charge >= 0.3 is 5.97 Å². The van der Waals surface area contributed by atoms with Crippen molar-refractivity contribution in [3.05, 3.63) is 76.3 Å². The van der Waals surface area contributed by atoms with E-state index in [-0.39, 0.29) is 41.9 Å². The number of likely N-dealkylation sites (tertiary alicyclic amines) is 1.